The minimum atomic E-state index is -0.530. The molecule has 12 heteroatoms. The molecule has 3 aliphatic rings. The third-order valence-electron chi connectivity index (χ3n) is 5.72. The van der Waals surface area contributed by atoms with Crippen LogP contribution >= 0.6 is 24.0 Å². The highest BCUT2D eigenvalue weighted by atomic mass is 32.2. The van der Waals surface area contributed by atoms with E-state index >= 15 is 0 Å². The number of nitrogens with zero attached hydrogens (tertiary/aromatic N) is 3. The number of ether oxygens (including phenoxy) is 2. The van der Waals surface area contributed by atoms with Crippen molar-refractivity contribution in [3.63, 3.8) is 0 Å². The summed E-state index contributed by atoms with van der Waals surface area (Å²) in [5, 5.41) is 6.27. The molecule has 1 aromatic carbocycles. The van der Waals surface area contributed by atoms with Gasteiger partial charge >= 0.3 is 6.09 Å². The molecule has 0 spiro atoms. The summed E-state index contributed by atoms with van der Waals surface area (Å²) in [6, 6.07) is 4.62. The third-order valence-corrected chi connectivity index (χ3v) is 6.97. The molecule has 0 aromatic heterocycles. The van der Waals surface area contributed by atoms with Gasteiger partial charge in [-0.15, -0.1) is 11.8 Å². The van der Waals surface area contributed by atoms with Crippen molar-refractivity contribution in [1.82, 2.24) is 15.5 Å². The van der Waals surface area contributed by atoms with Gasteiger partial charge in [-0.3, -0.25) is 15.0 Å². The predicted molar refractivity (Wildman–Crippen MR) is 125 cm³/mol. The van der Waals surface area contributed by atoms with E-state index in [9.17, 15) is 14.0 Å². The van der Waals surface area contributed by atoms with Crippen LogP contribution in [0.5, 0.6) is 0 Å². The lowest BCUT2D eigenvalue weighted by atomic mass is 10.2. The molecule has 1 aromatic rings. The Morgan fingerprint density at radius 1 is 1.38 bits per heavy atom. The number of halogens is 1. The molecule has 0 unspecified atom stereocenters. The van der Waals surface area contributed by atoms with Gasteiger partial charge in [-0.05, 0) is 30.4 Å². The second kappa shape index (κ2) is 10.1. The average molecular weight is 484 g/mol. The van der Waals surface area contributed by atoms with Gasteiger partial charge in [0.05, 0.1) is 37.6 Å². The van der Waals surface area contributed by atoms with Crippen molar-refractivity contribution >= 4 is 52.5 Å². The molecular weight excluding hydrogens is 457 g/mol. The predicted octanol–water partition coefficient (Wildman–Crippen LogP) is 0.983. The lowest BCUT2D eigenvalue weighted by Crippen LogP contribution is -2.53. The molecule has 0 radical (unpaired) electrons. The number of hydrogen-bond donors (Lipinski definition) is 2. The topological polar surface area (TPSA) is 86.4 Å². The molecule has 3 saturated heterocycles. The van der Waals surface area contributed by atoms with Gasteiger partial charge in [0.15, 0.2) is 0 Å². The zero-order valence-electron chi connectivity index (χ0n) is 17.7. The second-order valence-corrected chi connectivity index (χ2v) is 9.11. The fourth-order valence-corrected chi connectivity index (χ4v) is 4.99. The maximum atomic E-state index is 15.0. The Balaban J connectivity index is 1.34. The Morgan fingerprint density at radius 3 is 2.81 bits per heavy atom. The minimum Gasteiger partial charge on any atom is -0.474 e. The molecule has 0 aliphatic carbocycles. The smallest absolute Gasteiger partial charge is 0.414 e. The number of anilines is 2. The van der Waals surface area contributed by atoms with Crippen LogP contribution in [-0.4, -0.2) is 92.2 Å². The van der Waals surface area contributed by atoms with Crippen molar-refractivity contribution in [3.8, 4) is 0 Å². The number of benzene rings is 1. The summed E-state index contributed by atoms with van der Waals surface area (Å²) in [5.41, 5.74) is 0.901. The molecule has 32 heavy (non-hydrogen) atoms. The Hall–Kier alpha value is -2.31. The summed E-state index contributed by atoms with van der Waals surface area (Å²) in [4.78, 5) is 30.0. The molecule has 3 fully saturated rings. The van der Waals surface area contributed by atoms with Gasteiger partial charge in [0.1, 0.15) is 11.9 Å². The number of thioether (sulfide) groups is 1. The highest BCUT2D eigenvalue weighted by Gasteiger charge is 2.34. The molecule has 2 amide bonds. The Morgan fingerprint density at radius 2 is 2.16 bits per heavy atom. The van der Waals surface area contributed by atoms with Crippen LogP contribution in [-0.2, 0) is 14.3 Å². The highest BCUT2D eigenvalue weighted by molar-refractivity contribution is 7.99. The van der Waals surface area contributed by atoms with Crippen LogP contribution in [0.25, 0.3) is 0 Å². The van der Waals surface area contributed by atoms with Crippen molar-refractivity contribution in [2.45, 2.75) is 12.1 Å². The number of hydrogen-bond acceptors (Lipinski definition) is 8. The average Bonchev–Trinajstić information content (AvgIpc) is 3.47. The Kier molecular flexibility index (Phi) is 7.21. The standard InChI is InChI=1S/C20H26FN5O4S2/c1-29-19(31)22-9-14-10-26(20(28)30-14)13-2-3-17(15(21)8-13)24-4-6-25(7-5-24)18(27)16-11-32-12-23-16/h2-3,8,14,16,23H,4-7,9-12H2,1H3,(H,22,31)/t14-,16-/m0/s1. The first kappa shape index (κ1) is 22.9. The van der Waals surface area contributed by atoms with Gasteiger partial charge in [-0.25, -0.2) is 9.18 Å². The van der Waals surface area contributed by atoms with Gasteiger partial charge in [-0.2, -0.15) is 0 Å². The Labute approximate surface area is 195 Å². The van der Waals surface area contributed by atoms with Gasteiger partial charge in [-0.1, -0.05) is 0 Å². The third kappa shape index (κ3) is 5.02. The van der Waals surface area contributed by atoms with Crippen molar-refractivity contribution < 1.29 is 23.5 Å². The monoisotopic (exact) mass is 483 g/mol. The van der Waals surface area contributed by atoms with Crippen LogP contribution in [0.1, 0.15) is 0 Å². The van der Waals surface area contributed by atoms with Crippen molar-refractivity contribution in [3.05, 3.63) is 24.0 Å². The molecule has 0 bridgehead atoms. The quantitative estimate of drug-likeness (QED) is 0.596. The lowest BCUT2D eigenvalue weighted by molar-refractivity contribution is -0.132. The second-order valence-electron chi connectivity index (χ2n) is 7.71. The van der Waals surface area contributed by atoms with E-state index in [0.717, 1.165) is 11.6 Å². The molecule has 0 saturated carbocycles. The Bertz CT molecular complexity index is 878. The summed E-state index contributed by atoms with van der Waals surface area (Å²) in [6.07, 6.45) is -0.949. The summed E-state index contributed by atoms with van der Waals surface area (Å²) in [7, 11) is 1.45. The fourth-order valence-electron chi connectivity index (χ4n) is 3.97. The van der Waals surface area contributed by atoms with Crippen LogP contribution in [0.4, 0.5) is 20.6 Å². The van der Waals surface area contributed by atoms with Crippen molar-refractivity contribution in [2.24, 2.45) is 0 Å². The first-order valence-electron chi connectivity index (χ1n) is 10.4. The number of amides is 2. The van der Waals surface area contributed by atoms with Gasteiger partial charge in [0.25, 0.3) is 5.17 Å². The molecule has 174 valence electrons. The number of nitrogens with one attached hydrogen (secondary N) is 2. The maximum absolute atomic E-state index is 15.0. The van der Waals surface area contributed by atoms with Crippen molar-refractivity contribution in [1.29, 1.82) is 0 Å². The van der Waals surface area contributed by atoms with E-state index in [1.54, 1.807) is 23.9 Å². The SMILES string of the molecule is COC(=S)NC[C@H]1CN(c2ccc(N3CCN(C(=O)[C@@H]4CSCN4)CC3)c(F)c2)C(=O)O1. The number of methoxy groups -OCH3 is 1. The summed E-state index contributed by atoms with van der Waals surface area (Å²) >= 11 is 6.64. The van der Waals surface area contributed by atoms with Gasteiger partial charge < -0.3 is 24.6 Å². The largest absolute Gasteiger partial charge is 0.474 e. The minimum absolute atomic E-state index is 0.119. The van der Waals surface area contributed by atoms with Gasteiger partial charge in [0, 0.05) is 37.8 Å². The molecular formula is C20H26FN5O4S2. The summed E-state index contributed by atoms with van der Waals surface area (Å²) < 4.78 is 25.1. The molecule has 3 heterocycles. The summed E-state index contributed by atoms with van der Waals surface area (Å²) in [5.74, 6) is 1.31. The van der Waals surface area contributed by atoms with Gasteiger partial charge in [0.2, 0.25) is 5.91 Å². The molecule has 9 nitrogen and oxygen atoms in total. The molecule has 3 aliphatic heterocycles. The van der Waals surface area contributed by atoms with E-state index in [-0.39, 0.29) is 23.7 Å². The van der Waals surface area contributed by atoms with Crippen molar-refractivity contribution in [2.75, 3.05) is 67.8 Å². The van der Waals surface area contributed by atoms with E-state index < -0.39 is 18.0 Å². The molecule has 2 N–H and O–H groups in total. The molecule has 2 atom stereocenters. The number of carbonyl (C=O) groups excluding carboxylic acids is 2. The van der Waals surface area contributed by atoms with E-state index in [1.165, 1.54) is 18.1 Å². The normalized spacial score (nSPS) is 23.3. The van der Waals surface area contributed by atoms with Crippen LogP contribution < -0.4 is 20.4 Å². The highest BCUT2D eigenvalue weighted by Crippen LogP contribution is 2.28. The lowest BCUT2D eigenvalue weighted by Gasteiger charge is -2.37. The van der Waals surface area contributed by atoms with Crippen LogP contribution in [0.3, 0.4) is 0 Å². The van der Waals surface area contributed by atoms with Crippen LogP contribution in [0.15, 0.2) is 18.2 Å². The number of thiocarbonyl (C=S) groups is 1. The first-order chi connectivity index (χ1) is 15.5. The first-order valence-corrected chi connectivity index (χ1v) is 12.0. The number of carbonyl (C=O) groups is 2. The van der Waals surface area contributed by atoms with E-state index in [0.29, 0.717) is 44.1 Å². The number of rotatable bonds is 5. The van der Waals surface area contributed by atoms with E-state index in [4.69, 9.17) is 21.7 Å². The zero-order chi connectivity index (χ0) is 22.7. The van der Waals surface area contributed by atoms with E-state index in [1.807, 2.05) is 9.80 Å². The fraction of sp³-hybridized carbons (Fsp3) is 0.550. The summed E-state index contributed by atoms with van der Waals surface area (Å²) in [6.45, 7) is 2.82. The van der Waals surface area contributed by atoms with Crippen LogP contribution in [0, 0.1) is 5.82 Å². The molecule has 4 rings (SSSR count). The zero-order valence-corrected chi connectivity index (χ0v) is 19.3. The number of piperazine rings is 1. The number of cyclic esters (lactones) is 1. The van der Waals surface area contributed by atoms with E-state index in [2.05, 4.69) is 10.6 Å². The van der Waals surface area contributed by atoms with Crippen LogP contribution in [0.2, 0.25) is 0 Å². The maximum Gasteiger partial charge on any atom is 0.414 e.